The molecular formula is C20H20NNaO9S. The minimum absolute atomic E-state index is 0. The first-order valence-corrected chi connectivity index (χ1v) is 10.3. The van der Waals surface area contributed by atoms with Gasteiger partial charge in [-0.15, -0.1) is 0 Å². The monoisotopic (exact) mass is 473 g/mol. The van der Waals surface area contributed by atoms with E-state index in [9.17, 15) is 32.5 Å². The van der Waals surface area contributed by atoms with E-state index in [2.05, 4.69) is 0 Å². The zero-order chi connectivity index (χ0) is 23.5. The Bertz CT molecular complexity index is 1150. The van der Waals surface area contributed by atoms with E-state index in [-0.39, 0.29) is 69.7 Å². The molecule has 10 nitrogen and oxygen atoms in total. The standard InChI is InChI=1S/C20H21NO9S.Na/c1-11-7-14(20(27)13-5-3-4-6-16(13)31(28,29)30)12(2)15(19(11)26)8-21(9-17(22)23)10-18(24)25;/h3-7,26H,8-10H2,1-2H3,(H,22,23)(H,24,25)(H,28,29,30);/q;+1/p-1. The number of carbonyl (C=O) groups excluding carboxylic acids is 1. The first-order valence-electron chi connectivity index (χ1n) is 8.90. The minimum atomic E-state index is -4.93. The van der Waals surface area contributed by atoms with E-state index in [1.165, 1.54) is 38.1 Å². The number of benzene rings is 2. The SMILES string of the molecule is Cc1cc(C(=O)c2ccccc2S(=O)(=O)[O-])c(C)c(CN(CC(=O)O)CC(=O)O)c1O.[Na+]. The molecule has 12 heteroatoms. The summed E-state index contributed by atoms with van der Waals surface area (Å²) in [6.07, 6.45) is 0. The van der Waals surface area contributed by atoms with Crippen molar-refractivity contribution in [2.45, 2.75) is 25.3 Å². The van der Waals surface area contributed by atoms with Crippen molar-refractivity contribution in [3.05, 3.63) is 58.1 Å². The van der Waals surface area contributed by atoms with Crippen LogP contribution in [-0.2, 0) is 26.3 Å². The molecule has 0 saturated carbocycles. The Balaban J connectivity index is 0.00000512. The van der Waals surface area contributed by atoms with Gasteiger partial charge in [-0.2, -0.15) is 0 Å². The summed E-state index contributed by atoms with van der Waals surface area (Å²) in [4.78, 5) is 35.6. The molecule has 2 rings (SSSR count). The summed E-state index contributed by atoms with van der Waals surface area (Å²) in [5.74, 6) is -3.59. The Morgan fingerprint density at radius 1 is 1.00 bits per heavy atom. The maximum absolute atomic E-state index is 13.1. The largest absolute Gasteiger partial charge is 1.00 e. The molecule has 0 aliphatic carbocycles. The third kappa shape index (κ3) is 6.61. The first kappa shape index (κ1) is 27.8. The smallest absolute Gasteiger partial charge is 0.744 e. The van der Waals surface area contributed by atoms with Crippen LogP contribution in [0, 0.1) is 13.8 Å². The minimum Gasteiger partial charge on any atom is -0.744 e. The van der Waals surface area contributed by atoms with Gasteiger partial charge in [0.2, 0.25) is 0 Å². The molecule has 166 valence electrons. The molecule has 3 N–H and O–H groups in total. The quantitative estimate of drug-likeness (QED) is 0.213. The van der Waals surface area contributed by atoms with E-state index < -0.39 is 45.8 Å². The molecule has 0 bridgehead atoms. The summed E-state index contributed by atoms with van der Waals surface area (Å²) >= 11 is 0. The molecule has 0 atom stereocenters. The fraction of sp³-hybridized carbons (Fsp3) is 0.250. The first-order chi connectivity index (χ1) is 14.3. The molecule has 0 amide bonds. The number of rotatable bonds is 9. The van der Waals surface area contributed by atoms with E-state index in [4.69, 9.17) is 10.2 Å². The van der Waals surface area contributed by atoms with Crippen LogP contribution in [0.15, 0.2) is 35.2 Å². The molecule has 2 aromatic carbocycles. The maximum atomic E-state index is 13.1. The number of carboxylic acids is 2. The maximum Gasteiger partial charge on any atom is 1.00 e. The van der Waals surface area contributed by atoms with Gasteiger partial charge in [-0.05, 0) is 43.2 Å². The fourth-order valence-electron chi connectivity index (χ4n) is 3.19. The van der Waals surface area contributed by atoms with Crippen molar-refractivity contribution in [1.82, 2.24) is 4.90 Å². The van der Waals surface area contributed by atoms with Crippen LogP contribution in [-0.4, -0.2) is 64.0 Å². The Morgan fingerprint density at radius 3 is 2.03 bits per heavy atom. The number of carboxylic acid groups (broad SMARTS) is 2. The van der Waals surface area contributed by atoms with E-state index >= 15 is 0 Å². The van der Waals surface area contributed by atoms with E-state index in [0.29, 0.717) is 0 Å². The molecule has 0 aliphatic rings. The molecule has 0 unspecified atom stereocenters. The van der Waals surface area contributed by atoms with Crippen LogP contribution >= 0.6 is 0 Å². The van der Waals surface area contributed by atoms with Gasteiger partial charge in [0, 0.05) is 23.2 Å². The van der Waals surface area contributed by atoms with Crippen molar-refractivity contribution in [2.75, 3.05) is 13.1 Å². The molecular weight excluding hydrogens is 453 g/mol. The van der Waals surface area contributed by atoms with Gasteiger partial charge in [-0.1, -0.05) is 12.1 Å². The Morgan fingerprint density at radius 2 is 1.53 bits per heavy atom. The van der Waals surface area contributed by atoms with Crippen molar-refractivity contribution in [1.29, 1.82) is 0 Å². The Kier molecular flexibility index (Phi) is 9.57. The van der Waals surface area contributed by atoms with Crippen molar-refractivity contribution in [2.24, 2.45) is 0 Å². The normalized spacial score (nSPS) is 11.1. The molecule has 0 radical (unpaired) electrons. The number of aryl methyl sites for hydroxylation is 1. The second kappa shape index (κ2) is 11.0. The van der Waals surface area contributed by atoms with Crippen LogP contribution in [0.2, 0.25) is 0 Å². The molecule has 32 heavy (non-hydrogen) atoms. The van der Waals surface area contributed by atoms with Gasteiger partial charge in [-0.25, -0.2) is 8.42 Å². The van der Waals surface area contributed by atoms with Crippen LogP contribution in [0.25, 0.3) is 0 Å². The summed E-state index contributed by atoms with van der Waals surface area (Å²) in [5, 5.41) is 28.5. The molecule has 0 aliphatic heterocycles. The van der Waals surface area contributed by atoms with Gasteiger partial charge >= 0.3 is 41.5 Å². The van der Waals surface area contributed by atoms with E-state index in [1.54, 1.807) is 0 Å². The summed E-state index contributed by atoms with van der Waals surface area (Å²) < 4.78 is 34.6. The average molecular weight is 473 g/mol. The molecule has 0 aromatic heterocycles. The third-order valence-electron chi connectivity index (χ3n) is 4.62. The van der Waals surface area contributed by atoms with Crippen LogP contribution in [0.3, 0.4) is 0 Å². The Hall–Kier alpha value is -2.28. The third-order valence-corrected chi connectivity index (χ3v) is 5.52. The predicted octanol–water partition coefficient (Wildman–Crippen LogP) is -1.88. The van der Waals surface area contributed by atoms with Gasteiger partial charge < -0.3 is 19.9 Å². The van der Waals surface area contributed by atoms with Gasteiger partial charge in [0.05, 0.1) is 18.0 Å². The van der Waals surface area contributed by atoms with Crippen LogP contribution in [0.1, 0.15) is 32.6 Å². The van der Waals surface area contributed by atoms with Crippen molar-refractivity contribution in [3.63, 3.8) is 0 Å². The van der Waals surface area contributed by atoms with Crippen molar-refractivity contribution >= 4 is 27.8 Å². The van der Waals surface area contributed by atoms with Gasteiger partial charge in [0.15, 0.2) is 5.78 Å². The average Bonchev–Trinajstić information content (AvgIpc) is 2.65. The number of carbonyl (C=O) groups is 3. The number of phenols is 1. The second-order valence-corrected chi connectivity index (χ2v) is 8.25. The van der Waals surface area contributed by atoms with Crippen LogP contribution in [0.5, 0.6) is 5.75 Å². The van der Waals surface area contributed by atoms with Gasteiger partial charge in [0.25, 0.3) is 0 Å². The summed E-state index contributed by atoms with van der Waals surface area (Å²) in [7, 11) is -4.93. The summed E-state index contributed by atoms with van der Waals surface area (Å²) in [6.45, 7) is 1.39. The molecule has 0 saturated heterocycles. The predicted molar refractivity (Wildman–Crippen MR) is 106 cm³/mol. The fourth-order valence-corrected chi connectivity index (χ4v) is 3.87. The number of hydrogen-bond acceptors (Lipinski definition) is 8. The number of hydrogen-bond donors (Lipinski definition) is 3. The summed E-state index contributed by atoms with van der Waals surface area (Å²) in [5.41, 5.74) is 0.203. The van der Waals surface area contributed by atoms with E-state index in [0.717, 1.165) is 11.0 Å². The van der Waals surface area contributed by atoms with Crippen LogP contribution in [0.4, 0.5) is 0 Å². The second-order valence-electron chi connectivity index (χ2n) is 6.91. The topological polar surface area (TPSA) is 172 Å². The number of aliphatic carboxylic acids is 2. The van der Waals surface area contributed by atoms with Crippen LogP contribution < -0.4 is 29.6 Å². The van der Waals surface area contributed by atoms with E-state index in [1.807, 2.05) is 0 Å². The van der Waals surface area contributed by atoms with Gasteiger partial charge in [0.1, 0.15) is 15.9 Å². The molecule has 0 fully saturated rings. The number of nitrogens with zero attached hydrogens (tertiary/aromatic N) is 1. The number of aromatic hydroxyl groups is 1. The summed E-state index contributed by atoms with van der Waals surface area (Å²) in [6, 6.07) is 6.23. The molecule has 2 aromatic rings. The van der Waals surface area contributed by atoms with Crippen molar-refractivity contribution in [3.8, 4) is 5.75 Å². The zero-order valence-corrected chi connectivity index (χ0v) is 20.5. The zero-order valence-electron chi connectivity index (χ0n) is 17.7. The molecule has 0 heterocycles. The number of phenolic OH excluding ortho intramolecular Hbond substituents is 1. The number of ketones is 1. The molecule has 0 spiro atoms. The van der Waals surface area contributed by atoms with Gasteiger partial charge in [-0.3, -0.25) is 19.3 Å². The van der Waals surface area contributed by atoms with Crippen molar-refractivity contribution < 1.29 is 72.2 Å². The Labute approximate surface area is 206 Å².